The van der Waals surface area contributed by atoms with Gasteiger partial charge >= 0.3 is 0 Å². The molecule has 0 bridgehead atoms. The maximum atomic E-state index is 9.92. The maximum Gasteiger partial charge on any atom is 0.109 e. The fourth-order valence-electron chi connectivity index (χ4n) is 5.73. The molecular weight excluding hydrogens is 593 g/mol. The quantitative estimate of drug-likeness (QED) is 0.189. The van der Waals surface area contributed by atoms with E-state index < -0.39 is 0 Å². The van der Waals surface area contributed by atoms with Crippen molar-refractivity contribution >= 4 is 51.2 Å². The Labute approximate surface area is 266 Å². The molecule has 0 radical (unpaired) electrons. The van der Waals surface area contributed by atoms with E-state index in [-0.39, 0.29) is 11.6 Å². The van der Waals surface area contributed by atoms with E-state index in [4.69, 9.17) is 23.2 Å². The number of likely N-dealkylation sites (tertiary alicyclic amines) is 1. The van der Waals surface area contributed by atoms with E-state index in [0.717, 1.165) is 42.9 Å². The minimum Gasteiger partial charge on any atom is -0.373 e. The van der Waals surface area contributed by atoms with Crippen molar-refractivity contribution in [2.45, 2.75) is 51.2 Å². The van der Waals surface area contributed by atoms with Crippen LogP contribution in [0.5, 0.6) is 0 Å². The lowest BCUT2D eigenvalue weighted by molar-refractivity contribution is 0.0866. The summed E-state index contributed by atoms with van der Waals surface area (Å²) >= 11 is 13.0. The highest BCUT2D eigenvalue weighted by molar-refractivity contribution is 6.36. The summed E-state index contributed by atoms with van der Waals surface area (Å²) in [6.07, 6.45) is 8.81. The number of halogens is 2. The second kappa shape index (κ2) is 12.4. The first-order valence-corrected chi connectivity index (χ1v) is 15.3. The van der Waals surface area contributed by atoms with Crippen molar-refractivity contribution in [1.29, 1.82) is 5.26 Å². The number of piperidine rings is 1. The van der Waals surface area contributed by atoms with Crippen LogP contribution in [0, 0.1) is 11.3 Å². The smallest absolute Gasteiger partial charge is 0.109 e. The molecular formula is C33H33Cl2N9. The third-order valence-electron chi connectivity index (χ3n) is 8.07. The van der Waals surface area contributed by atoms with Crippen molar-refractivity contribution in [2.75, 3.05) is 23.7 Å². The van der Waals surface area contributed by atoms with Gasteiger partial charge in [-0.15, -0.1) is 5.10 Å². The largest absolute Gasteiger partial charge is 0.373 e. The van der Waals surface area contributed by atoms with Crippen LogP contribution in [0.1, 0.15) is 62.5 Å². The molecule has 11 heteroatoms. The molecule has 1 atom stereocenters. The summed E-state index contributed by atoms with van der Waals surface area (Å²) in [6.45, 7) is 8.85. The molecule has 3 aromatic heterocycles. The number of nitriles is 1. The predicted molar refractivity (Wildman–Crippen MR) is 176 cm³/mol. The number of pyridine rings is 2. The Morgan fingerprint density at radius 2 is 1.77 bits per heavy atom. The van der Waals surface area contributed by atoms with Gasteiger partial charge in [-0.1, -0.05) is 58.7 Å². The van der Waals surface area contributed by atoms with E-state index in [1.165, 1.54) is 6.20 Å². The summed E-state index contributed by atoms with van der Waals surface area (Å²) in [6, 6.07) is 17.9. The van der Waals surface area contributed by atoms with Gasteiger partial charge < -0.3 is 10.6 Å². The summed E-state index contributed by atoms with van der Waals surface area (Å²) in [5, 5.41) is 27.7. The Kier molecular flexibility index (Phi) is 8.41. The van der Waals surface area contributed by atoms with Gasteiger partial charge in [0, 0.05) is 42.1 Å². The number of anilines is 3. The van der Waals surface area contributed by atoms with E-state index >= 15 is 0 Å². The molecule has 9 nitrogen and oxygen atoms in total. The van der Waals surface area contributed by atoms with Crippen LogP contribution in [0.4, 0.5) is 17.1 Å². The van der Waals surface area contributed by atoms with Gasteiger partial charge in [0.25, 0.3) is 0 Å². The first kappa shape index (κ1) is 29.8. The Bertz CT molecular complexity index is 1820. The van der Waals surface area contributed by atoms with Crippen molar-refractivity contribution in [1.82, 2.24) is 29.9 Å². The summed E-state index contributed by atoms with van der Waals surface area (Å²) in [4.78, 5) is 11.2. The van der Waals surface area contributed by atoms with Crippen molar-refractivity contribution in [3.63, 3.8) is 0 Å². The van der Waals surface area contributed by atoms with Gasteiger partial charge in [0.15, 0.2) is 0 Å². The van der Waals surface area contributed by atoms with E-state index in [1.54, 1.807) is 18.5 Å². The molecule has 4 heterocycles. The monoisotopic (exact) mass is 625 g/mol. The van der Waals surface area contributed by atoms with Crippen molar-refractivity contribution in [3.05, 3.63) is 100 Å². The normalized spacial score (nSPS) is 15.2. The zero-order valence-corrected chi connectivity index (χ0v) is 26.3. The number of rotatable bonds is 7. The van der Waals surface area contributed by atoms with Crippen LogP contribution in [0.2, 0.25) is 10.0 Å². The number of hydrogen-bond donors (Lipinski definition) is 2. The van der Waals surface area contributed by atoms with Crippen LogP contribution in [-0.2, 0) is 0 Å². The molecule has 1 aliphatic heterocycles. The van der Waals surface area contributed by atoms with Gasteiger partial charge in [-0.05, 0) is 57.4 Å². The fraction of sp³-hybridized carbons (Fsp3) is 0.303. The van der Waals surface area contributed by atoms with Crippen molar-refractivity contribution in [3.8, 4) is 6.07 Å². The highest BCUT2D eigenvalue weighted by Crippen LogP contribution is 2.37. The number of fused-ring (bicyclic) bond motifs is 1. The number of nitrogens with zero attached hydrogens (tertiary/aromatic N) is 7. The Morgan fingerprint density at radius 3 is 2.48 bits per heavy atom. The lowest BCUT2D eigenvalue weighted by Crippen LogP contribution is -2.46. The summed E-state index contributed by atoms with van der Waals surface area (Å²) in [5.41, 5.74) is 4.88. The van der Waals surface area contributed by atoms with Crippen LogP contribution in [0.15, 0.2) is 73.3 Å². The number of hydrogen-bond acceptors (Lipinski definition) is 8. The highest BCUT2D eigenvalue weighted by atomic mass is 35.5. The summed E-state index contributed by atoms with van der Waals surface area (Å²) < 4.78 is 2.02. The molecule has 2 aromatic carbocycles. The molecule has 0 amide bonds. The van der Waals surface area contributed by atoms with Gasteiger partial charge in [0.1, 0.15) is 11.8 Å². The van der Waals surface area contributed by atoms with Gasteiger partial charge in [-0.3, -0.25) is 14.9 Å². The topological polar surface area (TPSA) is 108 Å². The standard InChI is InChI=1S/C33H33Cl2N9/c1-33(2,3)43-11-9-26(10-12-43)44-20-29(41-42-44)31(21-7-5-4-6-8-21)39-24-14-27-30(40-25-13-23(34)18-37-19-25)22(16-36)17-38-32(27)28(35)15-24/h4-8,13-15,17-20,26,31,39H,9-12H2,1-3H3,(H,38,40). The molecule has 0 saturated carbocycles. The Morgan fingerprint density at radius 1 is 1.00 bits per heavy atom. The minimum atomic E-state index is -0.297. The molecule has 1 fully saturated rings. The third-order valence-corrected chi connectivity index (χ3v) is 8.57. The van der Waals surface area contributed by atoms with E-state index in [9.17, 15) is 5.26 Å². The Hall–Kier alpha value is -4.23. The molecule has 1 aliphatic rings. The average Bonchev–Trinajstić information content (AvgIpc) is 3.50. The molecule has 6 rings (SSSR count). The molecule has 1 saturated heterocycles. The lowest BCUT2D eigenvalue weighted by atomic mass is 9.98. The molecule has 0 spiro atoms. The van der Waals surface area contributed by atoms with E-state index in [1.807, 2.05) is 35.0 Å². The first-order chi connectivity index (χ1) is 21.2. The number of nitrogens with one attached hydrogen (secondary N) is 2. The number of benzene rings is 2. The van der Waals surface area contributed by atoms with Crippen molar-refractivity contribution < 1.29 is 0 Å². The second-order valence-corrected chi connectivity index (χ2v) is 12.9. The van der Waals surface area contributed by atoms with E-state index in [2.05, 4.69) is 81.0 Å². The highest BCUT2D eigenvalue weighted by Gasteiger charge is 2.29. The maximum absolute atomic E-state index is 9.92. The summed E-state index contributed by atoms with van der Waals surface area (Å²) in [5.74, 6) is 0. The van der Waals surface area contributed by atoms with Gasteiger partial charge in [-0.2, -0.15) is 5.26 Å². The zero-order valence-electron chi connectivity index (χ0n) is 24.8. The predicted octanol–water partition coefficient (Wildman–Crippen LogP) is 7.78. The fourth-order valence-corrected chi connectivity index (χ4v) is 6.17. The second-order valence-electron chi connectivity index (χ2n) is 12.0. The van der Waals surface area contributed by atoms with Crippen LogP contribution in [-0.4, -0.2) is 48.5 Å². The molecule has 1 unspecified atom stereocenters. The number of aromatic nitrogens is 5. The average molecular weight is 627 g/mol. The lowest BCUT2D eigenvalue weighted by Gasteiger charge is -2.40. The van der Waals surface area contributed by atoms with Crippen LogP contribution in [0.3, 0.4) is 0 Å². The molecule has 44 heavy (non-hydrogen) atoms. The Balaban J connectivity index is 1.35. The van der Waals surface area contributed by atoms with Crippen LogP contribution >= 0.6 is 23.2 Å². The SMILES string of the molecule is CC(C)(C)N1CCC(n2cc(C(Nc3cc(Cl)c4ncc(C#N)c(Nc5cncc(Cl)c5)c4c3)c3ccccc3)nn2)CC1. The van der Waals surface area contributed by atoms with Gasteiger partial charge in [0.2, 0.25) is 0 Å². The zero-order chi connectivity index (χ0) is 30.8. The van der Waals surface area contributed by atoms with Gasteiger partial charge in [-0.25, -0.2) is 4.68 Å². The van der Waals surface area contributed by atoms with Gasteiger partial charge in [0.05, 0.1) is 57.0 Å². The minimum absolute atomic E-state index is 0.159. The molecule has 224 valence electrons. The van der Waals surface area contributed by atoms with E-state index in [0.29, 0.717) is 43.9 Å². The summed E-state index contributed by atoms with van der Waals surface area (Å²) in [7, 11) is 0. The van der Waals surface area contributed by atoms with Crippen LogP contribution in [0.25, 0.3) is 10.9 Å². The first-order valence-electron chi connectivity index (χ1n) is 14.6. The van der Waals surface area contributed by atoms with Crippen LogP contribution < -0.4 is 10.6 Å². The molecule has 5 aromatic rings. The third kappa shape index (κ3) is 6.34. The molecule has 0 aliphatic carbocycles. The van der Waals surface area contributed by atoms with Crippen molar-refractivity contribution in [2.24, 2.45) is 0 Å². The molecule has 2 N–H and O–H groups in total.